The minimum atomic E-state index is -0.175. The van der Waals surface area contributed by atoms with E-state index < -0.39 is 0 Å². The number of aryl methyl sites for hydroxylation is 4. The molecule has 2 aliphatic heterocycles. The van der Waals surface area contributed by atoms with Gasteiger partial charge in [-0.25, -0.2) is 0 Å². The maximum absolute atomic E-state index is 2.69. The molecule has 0 amide bonds. The normalized spacial score (nSPS) is 13.7. The zero-order chi connectivity index (χ0) is 59.2. The molecule has 0 unspecified atom stereocenters. The van der Waals surface area contributed by atoms with Gasteiger partial charge in [0.15, 0.2) is 0 Å². The smallest absolute Gasteiger partial charge is 0.252 e. The molecule has 4 nitrogen and oxygen atoms in total. The van der Waals surface area contributed by atoms with Crippen LogP contribution in [-0.2, 0) is 27.1 Å². The van der Waals surface area contributed by atoms with E-state index in [0.29, 0.717) is 0 Å². The fourth-order valence-electron chi connectivity index (χ4n) is 13.5. The predicted molar refractivity (Wildman–Crippen MR) is 362 cm³/mol. The lowest BCUT2D eigenvalue weighted by Gasteiger charge is -2.47. The molecular formula is C78H85BN4. The summed E-state index contributed by atoms with van der Waals surface area (Å²) in [6.45, 7) is 44.5. The Morgan fingerprint density at radius 1 is 0.325 bits per heavy atom. The number of rotatable bonds is 6. The highest BCUT2D eigenvalue weighted by molar-refractivity contribution is 7.00. The zero-order valence-electron chi connectivity index (χ0n) is 53.0. The largest absolute Gasteiger partial charge is 0.311 e. The van der Waals surface area contributed by atoms with E-state index in [1.807, 2.05) is 0 Å². The highest BCUT2D eigenvalue weighted by Crippen LogP contribution is 2.51. The van der Waals surface area contributed by atoms with Crippen LogP contribution in [0.1, 0.15) is 154 Å². The molecule has 5 heteroatoms. The van der Waals surface area contributed by atoms with Gasteiger partial charge >= 0.3 is 0 Å². The molecule has 0 saturated heterocycles. The van der Waals surface area contributed by atoms with Crippen molar-refractivity contribution in [1.29, 1.82) is 0 Å². The Labute approximate surface area is 496 Å². The minimum Gasteiger partial charge on any atom is -0.311 e. The molecule has 0 aliphatic carbocycles. The zero-order valence-corrected chi connectivity index (χ0v) is 53.0. The van der Waals surface area contributed by atoms with E-state index in [0.717, 1.165) is 22.7 Å². The first-order chi connectivity index (χ1) is 39.0. The summed E-state index contributed by atoms with van der Waals surface area (Å²) in [5.74, 6) is 0. The van der Waals surface area contributed by atoms with Gasteiger partial charge in [0.05, 0.1) is 22.4 Å². The van der Waals surface area contributed by atoms with Gasteiger partial charge in [-0.2, -0.15) is 0 Å². The summed E-state index contributed by atoms with van der Waals surface area (Å²) in [7, 11) is 0. The van der Waals surface area contributed by atoms with Crippen molar-refractivity contribution in [3.63, 3.8) is 0 Å². The Kier molecular flexibility index (Phi) is 13.0. The van der Waals surface area contributed by atoms with Crippen LogP contribution in [0.4, 0.5) is 51.2 Å². The van der Waals surface area contributed by atoms with E-state index in [9.17, 15) is 0 Å². The van der Waals surface area contributed by atoms with E-state index in [-0.39, 0.29) is 33.8 Å². The molecule has 83 heavy (non-hydrogen) atoms. The van der Waals surface area contributed by atoms with Crippen molar-refractivity contribution in [3.05, 3.63) is 220 Å². The summed E-state index contributed by atoms with van der Waals surface area (Å²) >= 11 is 0. The van der Waals surface area contributed by atoms with Gasteiger partial charge in [0.2, 0.25) is 0 Å². The third-order valence-electron chi connectivity index (χ3n) is 18.1. The summed E-state index contributed by atoms with van der Waals surface area (Å²) in [6.07, 6.45) is 0. The second-order valence-electron chi connectivity index (χ2n) is 29.5. The van der Waals surface area contributed by atoms with Gasteiger partial charge in [-0.3, -0.25) is 0 Å². The van der Waals surface area contributed by atoms with Crippen LogP contribution in [0.2, 0.25) is 0 Å². The second-order valence-corrected chi connectivity index (χ2v) is 29.5. The van der Waals surface area contributed by atoms with Gasteiger partial charge in [0.25, 0.3) is 6.71 Å². The number of anilines is 9. The van der Waals surface area contributed by atoms with Crippen LogP contribution < -0.4 is 31.1 Å². The van der Waals surface area contributed by atoms with Gasteiger partial charge in [-0.1, -0.05) is 201 Å². The Morgan fingerprint density at radius 2 is 0.723 bits per heavy atom. The standard InChI is InChI=1S/C78H85BN4/c1-48-39-54(76(11,12)13)40-49(2)72(48)82-67-43-53(75(8,9)10)31-37-63(67)79-64-38-35-60(47-68(64)83(70-45-56(78(17,18)19)44-69(82)71(70)79)73-50(3)41-55(42-51(73)4)77(14,15)16)80(58-32-29-52(30-33-58)74(5,6)7)59-34-36-62-61-27-23-24-28-65(61)81(66(62)46-59)57-25-21-20-22-26-57/h20-47H,1-19H3. The number of hydrogen-bond acceptors (Lipinski definition) is 3. The molecule has 2 aliphatic rings. The van der Waals surface area contributed by atoms with Crippen LogP contribution in [0.5, 0.6) is 0 Å². The number of benzene rings is 9. The van der Waals surface area contributed by atoms with Crippen LogP contribution >= 0.6 is 0 Å². The van der Waals surface area contributed by atoms with E-state index in [1.165, 1.54) is 122 Å². The average molecular weight is 1090 g/mol. The van der Waals surface area contributed by atoms with Crippen molar-refractivity contribution in [2.75, 3.05) is 14.7 Å². The molecule has 0 spiro atoms. The molecule has 420 valence electrons. The molecule has 0 N–H and O–H groups in total. The lowest BCUT2D eigenvalue weighted by molar-refractivity contribution is 0.588. The monoisotopic (exact) mass is 1090 g/mol. The summed E-state index contributed by atoms with van der Waals surface area (Å²) < 4.78 is 2.44. The first-order valence-corrected chi connectivity index (χ1v) is 30.3. The van der Waals surface area contributed by atoms with Crippen molar-refractivity contribution in [2.45, 2.75) is 159 Å². The molecule has 3 heterocycles. The molecule has 12 rings (SSSR count). The highest BCUT2D eigenvalue weighted by Gasteiger charge is 2.46. The van der Waals surface area contributed by atoms with Gasteiger partial charge < -0.3 is 19.3 Å². The average Bonchev–Trinajstić information content (AvgIpc) is 2.32. The van der Waals surface area contributed by atoms with Crippen LogP contribution in [0.15, 0.2) is 170 Å². The van der Waals surface area contributed by atoms with Crippen molar-refractivity contribution in [2.24, 2.45) is 0 Å². The molecule has 1 aromatic heterocycles. The molecular weight excluding hydrogens is 1000 g/mol. The topological polar surface area (TPSA) is 14.7 Å². The molecule has 0 fully saturated rings. The van der Waals surface area contributed by atoms with E-state index >= 15 is 0 Å². The van der Waals surface area contributed by atoms with Crippen LogP contribution in [0.25, 0.3) is 27.5 Å². The Balaban J connectivity index is 1.19. The molecule has 10 aromatic rings. The fourth-order valence-corrected chi connectivity index (χ4v) is 13.5. The molecule has 9 aromatic carbocycles. The maximum atomic E-state index is 2.69. The summed E-state index contributed by atoms with van der Waals surface area (Å²) in [5, 5.41) is 2.47. The van der Waals surface area contributed by atoms with Gasteiger partial charge in [-0.05, 0) is 194 Å². The van der Waals surface area contributed by atoms with E-state index in [1.54, 1.807) is 0 Å². The summed E-state index contributed by atoms with van der Waals surface area (Å²) in [6, 6.07) is 66.0. The van der Waals surface area contributed by atoms with Crippen LogP contribution in [0, 0.1) is 27.7 Å². The van der Waals surface area contributed by atoms with Crippen LogP contribution in [-0.4, -0.2) is 11.3 Å². The maximum Gasteiger partial charge on any atom is 0.252 e. The van der Waals surface area contributed by atoms with Crippen molar-refractivity contribution in [1.82, 2.24) is 4.57 Å². The Hall–Kier alpha value is -7.76. The van der Waals surface area contributed by atoms with Crippen molar-refractivity contribution < 1.29 is 0 Å². The number of nitrogens with zero attached hydrogens (tertiary/aromatic N) is 4. The summed E-state index contributed by atoms with van der Waals surface area (Å²) in [4.78, 5) is 7.87. The highest BCUT2D eigenvalue weighted by atomic mass is 15.2. The summed E-state index contributed by atoms with van der Waals surface area (Å²) in [5.41, 5.74) is 29.7. The lowest BCUT2D eigenvalue weighted by Crippen LogP contribution is -2.61. The Morgan fingerprint density at radius 3 is 1.24 bits per heavy atom. The van der Waals surface area contributed by atoms with E-state index in [4.69, 9.17) is 0 Å². The molecule has 0 atom stereocenters. The third kappa shape index (κ3) is 9.47. The predicted octanol–water partition coefficient (Wildman–Crippen LogP) is 20.1. The fraction of sp³-hybridized carbons (Fsp3) is 0.308. The second kappa shape index (κ2) is 19.4. The molecule has 0 bridgehead atoms. The molecule has 0 radical (unpaired) electrons. The van der Waals surface area contributed by atoms with Gasteiger partial charge in [0.1, 0.15) is 0 Å². The van der Waals surface area contributed by atoms with Gasteiger partial charge in [-0.15, -0.1) is 0 Å². The lowest BCUT2D eigenvalue weighted by atomic mass is 9.33. The number of fused-ring (bicyclic) bond motifs is 7. The van der Waals surface area contributed by atoms with Gasteiger partial charge in [0, 0.05) is 56.3 Å². The van der Waals surface area contributed by atoms with Crippen LogP contribution in [0.3, 0.4) is 0 Å². The minimum absolute atomic E-state index is 0.00532. The third-order valence-corrected chi connectivity index (χ3v) is 18.1. The van der Waals surface area contributed by atoms with Crippen molar-refractivity contribution in [3.8, 4) is 5.69 Å². The molecule has 0 saturated carbocycles. The number of hydrogen-bond donors (Lipinski definition) is 0. The first-order valence-electron chi connectivity index (χ1n) is 30.3. The van der Waals surface area contributed by atoms with Crippen molar-refractivity contribution >= 4 is 96.1 Å². The SMILES string of the molecule is Cc1cc(C(C)(C)C)cc(C)c1N1c2cc(N(c3ccc(C(C)(C)C)cc3)c3ccc4c5ccccc5n(-c5ccccc5)c4c3)ccc2B2c3ccc(C(C)(C)C)cc3N(c3c(C)cc(C(C)(C)C)cc3C)c3cc(C(C)(C)C)cc1c32. The Bertz CT molecular complexity index is 4170. The van der Waals surface area contributed by atoms with E-state index in [2.05, 4.69) is 321 Å². The quantitative estimate of drug-likeness (QED) is 0.154. The number of para-hydroxylation sites is 2. The number of aromatic nitrogens is 1. The first kappa shape index (κ1) is 55.8.